The molecule has 2 aromatic heterocycles. The molecular weight excluding hydrogens is 278 g/mol. The van der Waals surface area contributed by atoms with Gasteiger partial charge in [-0.05, 0) is 37.1 Å². The normalized spacial score (nSPS) is 17.0. The first-order valence-corrected chi connectivity index (χ1v) is 7.48. The van der Waals surface area contributed by atoms with E-state index in [9.17, 15) is 0 Å². The van der Waals surface area contributed by atoms with E-state index in [1.54, 1.807) is 10.9 Å². The van der Waals surface area contributed by atoms with Crippen molar-refractivity contribution >= 4 is 0 Å². The van der Waals surface area contributed by atoms with Crippen LogP contribution in [0.5, 0.6) is 0 Å². The van der Waals surface area contributed by atoms with Crippen LogP contribution in [-0.2, 0) is 5.54 Å². The van der Waals surface area contributed by atoms with Gasteiger partial charge in [-0.2, -0.15) is 10.1 Å². The fourth-order valence-electron chi connectivity index (χ4n) is 2.98. The summed E-state index contributed by atoms with van der Waals surface area (Å²) in [5.74, 6) is 1.12. The zero-order valence-electron chi connectivity index (χ0n) is 12.1. The molecule has 112 valence electrons. The Morgan fingerprint density at radius 2 is 2.05 bits per heavy atom. The lowest BCUT2D eigenvalue weighted by atomic mass is 9.99. The Bertz CT molecular complexity index is 771. The van der Waals surface area contributed by atoms with E-state index in [0.717, 1.165) is 36.9 Å². The first kappa shape index (κ1) is 13.2. The second kappa shape index (κ2) is 5.06. The highest BCUT2D eigenvalue weighted by Gasteiger charge is 2.36. The van der Waals surface area contributed by atoms with Gasteiger partial charge in [-0.15, -0.1) is 0 Å². The van der Waals surface area contributed by atoms with Crippen molar-refractivity contribution in [2.45, 2.75) is 31.2 Å². The third kappa shape index (κ3) is 2.21. The van der Waals surface area contributed by atoms with Gasteiger partial charge >= 0.3 is 0 Å². The van der Waals surface area contributed by atoms with E-state index < -0.39 is 5.54 Å². The molecule has 2 heterocycles. The maximum absolute atomic E-state index is 6.38. The second-order valence-electron chi connectivity index (χ2n) is 5.79. The van der Waals surface area contributed by atoms with Crippen LogP contribution in [-0.4, -0.2) is 19.9 Å². The highest BCUT2D eigenvalue weighted by atomic mass is 16.5. The van der Waals surface area contributed by atoms with Gasteiger partial charge in [0.2, 0.25) is 0 Å². The molecule has 0 radical (unpaired) electrons. The Hall–Kier alpha value is -2.47. The summed E-state index contributed by atoms with van der Waals surface area (Å²) in [7, 11) is 0. The molecule has 22 heavy (non-hydrogen) atoms. The molecule has 0 saturated heterocycles. The molecule has 6 heteroatoms. The Balaban J connectivity index is 1.68. The van der Waals surface area contributed by atoms with Gasteiger partial charge in [0, 0.05) is 18.0 Å². The molecule has 0 atom stereocenters. The molecule has 4 rings (SSSR count). The van der Waals surface area contributed by atoms with Gasteiger partial charge in [-0.1, -0.05) is 24.1 Å². The molecule has 0 spiro atoms. The minimum absolute atomic E-state index is 0.429. The molecule has 6 nitrogen and oxygen atoms in total. The van der Waals surface area contributed by atoms with Crippen molar-refractivity contribution < 1.29 is 4.52 Å². The molecule has 1 aromatic carbocycles. The lowest BCUT2D eigenvalue weighted by molar-refractivity contribution is 0.372. The van der Waals surface area contributed by atoms with E-state index in [1.807, 2.05) is 36.5 Å². The molecule has 1 aliphatic carbocycles. The maximum atomic E-state index is 6.38. The van der Waals surface area contributed by atoms with Crippen molar-refractivity contribution in [1.29, 1.82) is 0 Å². The van der Waals surface area contributed by atoms with Gasteiger partial charge in [-0.25, -0.2) is 4.68 Å². The number of hydrogen-bond acceptors (Lipinski definition) is 5. The average molecular weight is 295 g/mol. The first-order chi connectivity index (χ1) is 10.7. The van der Waals surface area contributed by atoms with Crippen LogP contribution >= 0.6 is 0 Å². The predicted octanol–water partition coefficient (Wildman–Crippen LogP) is 2.65. The van der Waals surface area contributed by atoms with Crippen molar-refractivity contribution in [2.75, 3.05) is 0 Å². The van der Waals surface area contributed by atoms with E-state index in [2.05, 4.69) is 15.2 Å². The zero-order chi connectivity index (χ0) is 15.0. The van der Waals surface area contributed by atoms with Crippen LogP contribution < -0.4 is 5.73 Å². The van der Waals surface area contributed by atoms with Crippen molar-refractivity contribution in [2.24, 2.45) is 5.73 Å². The van der Waals surface area contributed by atoms with Crippen LogP contribution in [0.2, 0.25) is 0 Å². The summed E-state index contributed by atoms with van der Waals surface area (Å²) in [6, 6.07) is 9.74. The number of rotatable bonds is 3. The standard InChI is InChI=1S/C16H17N5O/c17-16(7-1-2-8-16)15-19-14(22-20-15)12-5-3-6-13(11-12)21-10-4-9-18-21/h3-6,9-11H,1-2,7-8,17H2. The maximum Gasteiger partial charge on any atom is 0.258 e. The molecule has 0 unspecified atom stereocenters. The van der Waals surface area contributed by atoms with Gasteiger partial charge < -0.3 is 10.3 Å². The summed E-state index contributed by atoms with van der Waals surface area (Å²) < 4.78 is 7.22. The minimum Gasteiger partial charge on any atom is -0.334 e. The molecule has 3 aromatic rings. The van der Waals surface area contributed by atoms with E-state index in [4.69, 9.17) is 10.3 Å². The first-order valence-electron chi connectivity index (χ1n) is 7.48. The summed E-state index contributed by atoms with van der Waals surface area (Å²) >= 11 is 0. The lowest BCUT2D eigenvalue weighted by Crippen LogP contribution is -2.34. The molecule has 1 saturated carbocycles. The molecule has 1 fully saturated rings. The molecular formula is C16H17N5O. The Kier molecular flexibility index (Phi) is 3.04. The van der Waals surface area contributed by atoms with E-state index in [0.29, 0.717) is 11.7 Å². The van der Waals surface area contributed by atoms with Gasteiger partial charge in [0.1, 0.15) is 0 Å². The average Bonchev–Trinajstić information content (AvgIpc) is 3.29. The van der Waals surface area contributed by atoms with Crippen molar-refractivity contribution in [1.82, 2.24) is 19.9 Å². The molecule has 0 bridgehead atoms. The molecule has 0 amide bonds. The van der Waals surface area contributed by atoms with Crippen LogP contribution in [0, 0.1) is 0 Å². The number of nitrogens with two attached hydrogens (primary N) is 1. The smallest absolute Gasteiger partial charge is 0.258 e. The van der Waals surface area contributed by atoms with Crippen LogP contribution in [0.25, 0.3) is 17.1 Å². The van der Waals surface area contributed by atoms with Crippen LogP contribution in [0.1, 0.15) is 31.5 Å². The summed E-state index contributed by atoms with van der Waals surface area (Å²) in [6.45, 7) is 0. The van der Waals surface area contributed by atoms with Gasteiger partial charge in [0.25, 0.3) is 5.89 Å². The Labute approximate surface area is 127 Å². The highest BCUT2D eigenvalue weighted by Crippen LogP contribution is 2.35. The Morgan fingerprint density at radius 3 is 2.82 bits per heavy atom. The summed E-state index contributed by atoms with van der Waals surface area (Å²) in [5, 5.41) is 8.34. The molecule has 1 aliphatic rings. The largest absolute Gasteiger partial charge is 0.334 e. The lowest BCUT2D eigenvalue weighted by Gasteiger charge is -2.17. The van der Waals surface area contributed by atoms with E-state index in [-0.39, 0.29) is 0 Å². The fourth-order valence-corrected chi connectivity index (χ4v) is 2.98. The monoisotopic (exact) mass is 295 g/mol. The van der Waals surface area contributed by atoms with Crippen LogP contribution in [0.15, 0.2) is 47.2 Å². The molecule has 0 aliphatic heterocycles. The fraction of sp³-hybridized carbons (Fsp3) is 0.312. The summed E-state index contributed by atoms with van der Waals surface area (Å²) in [6.07, 6.45) is 7.71. The topological polar surface area (TPSA) is 82.8 Å². The van der Waals surface area contributed by atoms with Crippen molar-refractivity contribution in [3.63, 3.8) is 0 Å². The van der Waals surface area contributed by atoms with Crippen LogP contribution in [0.3, 0.4) is 0 Å². The van der Waals surface area contributed by atoms with Gasteiger partial charge in [0.05, 0.1) is 11.2 Å². The van der Waals surface area contributed by atoms with Crippen molar-refractivity contribution in [3.8, 4) is 17.1 Å². The van der Waals surface area contributed by atoms with Gasteiger partial charge in [0.15, 0.2) is 5.82 Å². The number of aromatic nitrogens is 4. The predicted molar refractivity (Wildman–Crippen MR) is 81.2 cm³/mol. The minimum atomic E-state index is -0.429. The molecule has 2 N–H and O–H groups in total. The summed E-state index contributed by atoms with van der Waals surface area (Å²) in [4.78, 5) is 4.52. The van der Waals surface area contributed by atoms with Crippen LogP contribution in [0.4, 0.5) is 0 Å². The van der Waals surface area contributed by atoms with E-state index in [1.165, 1.54) is 0 Å². The number of nitrogens with zero attached hydrogens (tertiary/aromatic N) is 4. The zero-order valence-corrected chi connectivity index (χ0v) is 12.1. The quantitative estimate of drug-likeness (QED) is 0.803. The van der Waals surface area contributed by atoms with E-state index >= 15 is 0 Å². The third-order valence-electron chi connectivity index (χ3n) is 4.23. The van der Waals surface area contributed by atoms with Crippen molar-refractivity contribution in [3.05, 3.63) is 48.5 Å². The highest BCUT2D eigenvalue weighted by molar-refractivity contribution is 5.57. The SMILES string of the molecule is NC1(c2noc(-c3cccc(-n4cccn4)c3)n2)CCCC1. The van der Waals surface area contributed by atoms with Gasteiger partial charge in [-0.3, -0.25) is 0 Å². The number of benzene rings is 1. The Morgan fingerprint density at radius 1 is 1.18 bits per heavy atom. The third-order valence-corrected chi connectivity index (χ3v) is 4.23. The number of hydrogen-bond donors (Lipinski definition) is 1. The summed E-state index contributed by atoms with van der Waals surface area (Å²) in [5.41, 5.74) is 7.77. The second-order valence-corrected chi connectivity index (χ2v) is 5.79.